The predicted octanol–water partition coefficient (Wildman–Crippen LogP) is 2.23. The van der Waals surface area contributed by atoms with Gasteiger partial charge in [0.2, 0.25) is 0 Å². The first-order chi connectivity index (χ1) is 11.1. The summed E-state index contributed by atoms with van der Waals surface area (Å²) in [5, 5.41) is 17.9. The zero-order valence-corrected chi connectivity index (χ0v) is 13.1. The summed E-state index contributed by atoms with van der Waals surface area (Å²) in [5.41, 5.74) is 3.71. The standard InChI is InChI=1S/C17H19N5O/c1-10-8-18-22(9-10)16-14(7-15(16)23)21-17-11(2)19-12-5-3-4-6-13(12)20-17/h3-6,8-9,14-16,23H,7H2,1-2H3,(H,20,21)/t14-,15+,16+/m0/s1. The fraction of sp³-hybridized carbons (Fsp3) is 0.353. The molecule has 3 aromatic rings. The number of aromatic nitrogens is 4. The van der Waals surface area contributed by atoms with E-state index in [0.29, 0.717) is 6.42 Å². The fourth-order valence-corrected chi connectivity index (χ4v) is 3.11. The van der Waals surface area contributed by atoms with E-state index < -0.39 is 0 Å². The Labute approximate surface area is 134 Å². The number of nitrogens with one attached hydrogen (secondary N) is 1. The number of aliphatic hydroxyl groups excluding tert-OH is 1. The van der Waals surface area contributed by atoms with Gasteiger partial charge in [0.25, 0.3) is 0 Å². The van der Waals surface area contributed by atoms with Gasteiger partial charge in [0.15, 0.2) is 0 Å². The lowest BCUT2D eigenvalue weighted by atomic mass is 9.83. The Morgan fingerprint density at radius 3 is 2.57 bits per heavy atom. The molecule has 3 atom stereocenters. The molecular weight excluding hydrogens is 290 g/mol. The Hall–Kier alpha value is -2.47. The molecule has 6 nitrogen and oxygen atoms in total. The van der Waals surface area contributed by atoms with Crippen LogP contribution in [-0.4, -0.2) is 37.0 Å². The van der Waals surface area contributed by atoms with Crippen molar-refractivity contribution in [1.29, 1.82) is 0 Å². The first kappa shape index (κ1) is 14.1. The van der Waals surface area contributed by atoms with E-state index in [4.69, 9.17) is 0 Å². The minimum absolute atomic E-state index is 0.0728. The predicted molar refractivity (Wildman–Crippen MR) is 88.3 cm³/mol. The molecule has 4 rings (SSSR count). The molecule has 118 valence electrons. The zero-order valence-electron chi connectivity index (χ0n) is 13.1. The number of aliphatic hydroxyl groups is 1. The summed E-state index contributed by atoms with van der Waals surface area (Å²) in [6.07, 6.45) is 4.06. The number of fused-ring (bicyclic) bond motifs is 1. The Balaban J connectivity index is 1.61. The molecule has 1 aromatic carbocycles. The summed E-state index contributed by atoms with van der Waals surface area (Å²) in [7, 11) is 0. The first-order valence-corrected chi connectivity index (χ1v) is 7.80. The molecule has 6 heteroatoms. The molecule has 0 unspecified atom stereocenters. The van der Waals surface area contributed by atoms with Crippen molar-refractivity contribution in [2.24, 2.45) is 0 Å². The van der Waals surface area contributed by atoms with Crippen molar-refractivity contribution in [2.45, 2.75) is 38.5 Å². The van der Waals surface area contributed by atoms with Crippen LogP contribution in [0.5, 0.6) is 0 Å². The Morgan fingerprint density at radius 1 is 1.17 bits per heavy atom. The normalized spacial score (nSPS) is 23.7. The smallest absolute Gasteiger partial charge is 0.148 e. The number of rotatable bonds is 3. The van der Waals surface area contributed by atoms with Crippen molar-refractivity contribution < 1.29 is 5.11 Å². The van der Waals surface area contributed by atoms with E-state index >= 15 is 0 Å². The number of anilines is 1. The van der Waals surface area contributed by atoms with Crippen LogP contribution in [0.3, 0.4) is 0 Å². The van der Waals surface area contributed by atoms with E-state index in [1.54, 1.807) is 0 Å². The minimum atomic E-state index is -0.388. The van der Waals surface area contributed by atoms with E-state index in [9.17, 15) is 5.11 Å². The van der Waals surface area contributed by atoms with Gasteiger partial charge < -0.3 is 10.4 Å². The molecule has 2 heterocycles. The summed E-state index contributed by atoms with van der Waals surface area (Å²) in [6, 6.07) is 7.86. The number of nitrogens with zero attached hydrogens (tertiary/aromatic N) is 4. The summed E-state index contributed by atoms with van der Waals surface area (Å²) in [5.74, 6) is 0.773. The van der Waals surface area contributed by atoms with Gasteiger partial charge in [-0.15, -0.1) is 0 Å². The maximum absolute atomic E-state index is 10.1. The second kappa shape index (κ2) is 5.31. The molecule has 0 bridgehead atoms. The average Bonchev–Trinajstić information content (AvgIpc) is 2.92. The maximum Gasteiger partial charge on any atom is 0.148 e. The van der Waals surface area contributed by atoms with E-state index in [1.807, 2.05) is 55.2 Å². The summed E-state index contributed by atoms with van der Waals surface area (Å²) < 4.78 is 1.84. The van der Waals surface area contributed by atoms with Crippen LogP contribution in [0.25, 0.3) is 11.0 Å². The highest BCUT2D eigenvalue weighted by Crippen LogP contribution is 2.35. The topological polar surface area (TPSA) is 75.9 Å². The van der Waals surface area contributed by atoms with Gasteiger partial charge in [-0.3, -0.25) is 4.68 Å². The van der Waals surface area contributed by atoms with Crippen molar-refractivity contribution in [1.82, 2.24) is 19.7 Å². The van der Waals surface area contributed by atoms with Crippen molar-refractivity contribution in [3.63, 3.8) is 0 Å². The quantitative estimate of drug-likeness (QED) is 0.776. The highest BCUT2D eigenvalue weighted by Gasteiger charge is 2.42. The van der Waals surface area contributed by atoms with Gasteiger partial charge in [0.05, 0.1) is 41.1 Å². The molecule has 0 aliphatic heterocycles. The largest absolute Gasteiger partial charge is 0.391 e. The summed E-state index contributed by atoms with van der Waals surface area (Å²) in [4.78, 5) is 9.27. The van der Waals surface area contributed by atoms with Crippen LogP contribution < -0.4 is 5.32 Å². The van der Waals surface area contributed by atoms with Gasteiger partial charge in [0, 0.05) is 6.20 Å². The molecule has 1 aliphatic rings. The van der Waals surface area contributed by atoms with Gasteiger partial charge >= 0.3 is 0 Å². The Morgan fingerprint density at radius 2 is 1.91 bits per heavy atom. The third kappa shape index (κ3) is 2.45. The molecule has 0 radical (unpaired) electrons. The van der Waals surface area contributed by atoms with Crippen molar-refractivity contribution in [3.05, 3.63) is 47.9 Å². The maximum atomic E-state index is 10.1. The van der Waals surface area contributed by atoms with Crippen molar-refractivity contribution in [3.8, 4) is 0 Å². The van der Waals surface area contributed by atoms with E-state index in [-0.39, 0.29) is 18.2 Å². The third-order valence-corrected chi connectivity index (χ3v) is 4.40. The van der Waals surface area contributed by atoms with E-state index in [2.05, 4.69) is 20.4 Å². The molecule has 2 N–H and O–H groups in total. The van der Waals surface area contributed by atoms with Crippen molar-refractivity contribution >= 4 is 16.9 Å². The first-order valence-electron chi connectivity index (χ1n) is 7.80. The van der Waals surface area contributed by atoms with Crippen LogP contribution in [-0.2, 0) is 0 Å². The number of hydrogen-bond acceptors (Lipinski definition) is 5. The van der Waals surface area contributed by atoms with Crippen LogP contribution in [0.2, 0.25) is 0 Å². The highest BCUT2D eigenvalue weighted by atomic mass is 16.3. The van der Waals surface area contributed by atoms with Gasteiger partial charge in [-0.2, -0.15) is 5.10 Å². The monoisotopic (exact) mass is 309 g/mol. The summed E-state index contributed by atoms with van der Waals surface area (Å²) in [6.45, 7) is 3.94. The van der Waals surface area contributed by atoms with Gasteiger partial charge in [-0.1, -0.05) is 12.1 Å². The lowest BCUT2D eigenvalue weighted by molar-refractivity contribution is 0.0132. The number of hydrogen-bond donors (Lipinski definition) is 2. The molecular formula is C17H19N5O. The SMILES string of the molecule is Cc1cnn([C@H]2[C@H](O)C[C@@H]2Nc2nc3ccccc3nc2C)c1. The molecule has 0 saturated heterocycles. The summed E-state index contributed by atoms with van der Waals surface area (Å²) >= 11 is 0. The lowest BCUT2D eigenvalue weighted by Gasteiger charge is -2.42. The fourth-order valence-electron chi connectivity index (χ4n) is 3.11. The van der Waals surface area contributed by atoms with Crippen LogP contribution in [0.15, 0.2) is 36.7 Å². The van der Waals surface area contributed by atoms with Gasteiger partial charge in [0.1, 0.15) is 5.82 Å². The highest BCUT2D eigenvalue weighted by molar-refractivity contribution is 5.76. The second-order valence-corrected chi connectivity index (χ2v) is 6.19. The molecule has 23 heavy (non-hydrogen) atoms. The molecule has 0 amide bonds. The van der Waals surface area contributed by atoms with E-state index in [1.165, 1.54) is 0 Å². The molecule has 1 fully saturated rings. The van der Waals surface area contributed by atoms with Crippen LogP contribution >= 0.6 is 0 Å². The lowest BCUT2D eigenvalue weighted by Crippen LogP contribution is -2.51. The van der Waals surface area contributed by atoms with E-state index in [0.717, 1.165) is 28.1 Å². The molecule has 1 aliphatic carbocycles. The number of benzene rings is 1. The van der Waals surface area contributed by atoms with Crippen LogP contribution in [0.4, 0.5) is 5.82 Å². The van der Waals surface area contributed by atoms with Gasteiger partial charge in [-0.05, 0) is 38.0 Å². The minimum Gasteiger partial charge on any atom is -0.391 e. The molecule has 0 spiro atoms. The third-order valence-electron chi connectivity index (χ3n) is 4.40. The number of aryl methyl sites for hydroxylation is 2. The van der Waals surface area contributed by atoms with Crippen LogP contribution in [0.1, 0.15) is 23.7 Å². The Bertz CT molecular complexity index is 859. The second-order valence-electron chi connectivity index (χ2n) is 6.19. The molecule has 1 saturated carbocycles. The molecule has 2 aromatic heterocycles. The zero-order chi connectivity index (χ0) is 16.0. The van der Waals surface area contributed by atoms with Gasteiger partial charge in [-0.25, -0.2) is 9.97 Å². The van der Waals surface area contributed by atoms with Crippen LogP contribution in [0, 0.1) is 13.8 Å². The average molecular weight is 309 g/mol. The Kier molecular flexibility index (Phi) is 3.27. The van der Waals surface area contributed by atoms with Crippen molar-refractivity contribution in [2.75, 3.05) is 5.32 Å². The number of para-hydroxylation sites is 2.